The van der Waals surface area contributed by atoms with Crippen molar-refractivity contribution in [2.24, 2.45) is 11.3 Å². The van der Waals surface area contributed by atoms with E-state index in [1.807, 2.05) is 6.92 Å². The molecule has 15 heavy (non-hydrogen) atoms. The first-order valence-corrected chi connectivity index (χ1v) is 5.85. The number of rotatable bonds is 3. The van der Waals surface area contributed by atoms with Crippen molar-refractivity contribution < 1.29 is 4.79 Å². The zero-order chi connectivity index (χ0) is 11.5. The third-order valence-corrected chi connectivity index (χ3v) is 3.41. The molecule has 0 saturated heterocycles. The van der Waals surface area contributed by atoms with E-state index < -0.39 is 0 Å². The van der Waals surface area contributed by atoms with Gasteiger partial charge in [-0.1, -0.05) is 38.5 Å². The second-order valence-corrected chi connectivity index (χ2v) is 5.13. The monoisotopic (exact) mass is 206 g/mol. The molecule has 1 heteroatoms. The van der Waals surface area contributed by atoms with Crippen molar-refractivity contribution in [3.63, 3.8) is 0 Å². The van der Waals surface area contributed by atoms with Gasteiger partial charge in [-0.25, -0.2) is 0 Å². The van der Waals surface area contributed by atoms with E-state index in [-0.39, 0.29) is 5.78 Å². The Morgan fingerprint density at radius 3 is 2.80 bits per heavy atom. The fraction of sp³-hybridized carbons (Fsp3) is 0.643. The predicted molar refractivity (Wildman–Crippen MR) is 64.7 cm³/mol. The van der Waals surface area contributed by atoms with Gasteiger partial charge in [0.1, 0.15) is 0 Å². The maximum absolute atomic E-state index is 11.3. The second-order valence-electron chi connectivity index (χ2n) is 5.13. The lowest BCUT2D eigenvalue weighted by Crippen LogP contribution is -2.26. The molecule has 0 bridgehead atoms. The molecule has 0 aromatic rings. The minimum atomic E-state index is 0.226. The fourth-order valence-corrected chi connectivity index (χ4v) is 2.30. The average Bonchev–Trinajstić information content (AvgIpc) is 2.15. The summed E-state index contributed by atoms with van der Waals surface area (Å²) in [6, 6.07) is 0. The smallest absolute Gasteiger partial charge is 0.155 e. The first-order chi connectivity index (χ1) is 6.97. The molecule has 0 amide bonds. The van der Waals surface area contributed by atoms with Crippen LogP contribution in [0.5, 0.6) is 0 Å². The number of ketones is 1. The summed E-state index contributed by atoms with van der Waals surface area (Å²) in [4.78, 5) is 11.3. The Labute approximate surface area is 93.3 Å². The summed E-state index contributed by atoms with van der Waals surface area (Å²) in [5, 5.41) is 0. The van der Waals surface area contributed by atoms with Gasteiger partial charge < -0.3 is 0 Å². The normalized spacial score (nSPS) is 25.3. The third kappa shape index (κ3) is 3.05. The predicted octanol–water partition coefficient (Wildman–Crippen LogP) is 3.90. The molecule has 0 N–H and O–H groups in total. The summed E-state index contributed by atoms with van der Waals surface area (Å²) in [5.74, 6) is 0.658. The van der Waals surface area contributed by atoms with Crippen molar-refractivity contribution in [3.8, 4) is 0 Å². The number of hydrogen-bond acceptors (Lipinski definition) is 1. The Hall–Kier alpha value is -0.850. The summed E-state index contributed by atoms with van der Waals surface area (Å²) in [5.41, 5.74) is 1.70. The number of carbonyl (C=O) groups is 1. The Morgan fingerprint density at radius 2 is 2.27 bits per heavy atom. The maximum atomic E-state index is 11.3. The molecular weight excluding hydrogens is 184 g/mol. The standard InChI is InChI=1S/C14H22O/c1-5-12(15)8-9-13-11(2)7-6-10-14(13,3)4/h7-9,13H,5-6,10H2,1-4H3/b9-8-. The van der Waals surface area contributed by atoms with Crippen LogP contribution in [0.4, 0.5) is 0 Å². The van der Waals surface area contributed by atoms with E-state index >= 15 is 0 Å². The summed E-state index contributed by atoms with van der Waals surface area (Å²) >= 11 is 0. The molecule has 0 spiro atoms. The van der Waals surface area contributed by atoms with Gasteiger partial charge in [-0.15, -0.1) is 0 Å². The van der Waals surface area contributed by atoms with Crippen LogP contribution in [-0.4, -0.2) is 5.78 Å². The summed E-state index contributed by atoms with van der Waals surface area (Å²) < 4.78 is 0. The van der Waals surface area contributed by atoms with Gasteiger partial charge in [-0.2, -0.15) is 0 Å². The molecule has 0 fully saturated rings. The first-order valence-electron chi connectivity index (χ1n) is 5.85. The van der Waals surface area contributed by atoms with Crippen molar-refractivity contribution in [1.82, 2.24) is 0 Å². The SMILES string of the molecule is CCC(=O)/C=C\C1C(C)=CCCC1(C)C. The van der Waals surface area contributed by atoms with Crippen LogP contribution in [0.1, 0.15) is 47.0 Å². The molecule has 84 valence electrons. The minimum absolute atomic E-state index is 0.226. The quantitative estimate of drug-likeness (QED) is 0.505. The van der Waals surface area contributed by atoms with Crippen molar-refractivity contribution in [3.05, 3.63) is 23.8 Å². The molecule has 1 unspecified atom stereocenters. The van der Waals surface area contributed by atoms with Gasteiger partial charge in [-0.05, 0) is 31.3 Å². The Kier molecular flexibility index (Phi) is 3.90. The van der Waals surface area contributed by atoms with Crippen LogP contribution < -0.4 is 0 Å². The Balaban J connectivity index is 2.81. The van der Waals surface area contributed by atoms with E-state index in [9.17, 15) is 4.79 Å². The molecule has 0 radical (unpaired) electrons. The summed E-state index contributed by atoms with van der Waals surface area (Å²) in [6.45, 7) is 8.65. The average molecular weight is 206 g/mol. The van der Waals surface area contributed by atoms with Gasteiger partial charge in [-0.3, -0.25) is 4.79 Å². The van der Waals surface area contributed by atoms with Crippen LogP contribution in [-0.2, 0) is 4.79 Å². The molecule has 1 rings (SSSR count). The molecular formula is C14H22O. The molecule has 0 aromatic carbocycles. The van der Waals surface area contributed by atoms with Gasteiger partial charge in [0.25, 0.3) is 0 Å². The molecule has 1 aliphatic rings. The van der Waals surface area contributed by atoms with Crippen molar-refractivity contribution >= 4 is 5.78 Å². The lowest BCUT2D eigenvalue weighted by molar-refractivity contribution is -0.114. The van der Waals surface area contributed by atoms with Crippen LogP contribution in [0.25, 0.3) is 0 Å². The molecule has 1 nitrogen and oxygen atoms in total. The van der Waals surface area contributed by atoms with Crippen molar-refractivity contribution in [2.45, 2.75) is 47.0 Å². The van der Waals surface area contributed by atoms with Gasteiger partial charge >= 0.3 is 0 Å². The van der Waals surface area contributed by atoms with Crippen molar-refractivity contribution in [1.29, 1.82) is 0 Å². The van der Waals surface area contributed by atoms with E-state index in [0.29, 0.717) is 17.8 Å². The third-order valence-electron chi connectivity index (χ3n) is 3.41. The van der Waals surface area contributed by atoms with Crippen LogP contribution in [0.2, 0.25) is 0 Å². The first kappa shape index (κ1) is 12.2. The van der Waals surface area contributed by atoms with Gasteiger partial charge in [0.05, 0.1) is 0 Å². The zero-order valence-electron chi connectivity index (χ0n) is 10.3. The topological polar surface area (TPSA) is 17.1 Å². The number of allylic oxidation sites excluding steroid dienone is 4. The lowest BCUT2D eigenvalue weighted by Gasteiger charge is -2.36. The summed E-state index contributed by atoms with van der Waals surface area (Å²) in [6.07, 6.45) is 9.14. The highest BCUT2D eigenvalue weighted by Crippen LogP contribution is 2.41. The maximum Gasteiger partial charge on any atom is 0.155 e. The van der Waals surface area contributed by atoms with Crippen molar-refractivity contribution in [2.75, 3.05) is 0 Å². The Bertz CT molecular complexity index is 294. The second kappa shape index (κ2) is 4.78. The van der Waals surface area contributed by atoms with Crippen LogP contribution in [0, 0.1) is 11.3 Å². The highest BCUT2D eigenvalue weighted by molar-refractivity contribution is 5.89. The highest BCUT2D eigenvalue weighted by Gasteiger charge is 2.30. The number of hydrogen-bond donors (Lipinski definition) is 0. The molecule has 0 aromatic heterocycles. The molecule has 1 aliphatic carbocycles. The van der Waals surface area contributed by atoms with Gasteiger partial charge in [0.2, 0.25) is 0 Å². The highest BCUT2D eigenvalue weighted by atomic mass is 16.1. The Morgan fingerprint density at radius 1 is 1.60 bits per heavy atom. The van der Waals surface area contributed by atoms with Gasteiger partial charge in [0.15, 0.2) is 5.78 Å². The van der Waals surface area contributed by atoms with Crippen LogP contribution in [0.3, 0.4) is 0 Å². The van der Waals surface area contributed by atoms with E-state index in [1.165, 1.54) is 18.4 Å². The zero-order valence-corrected chi connectivity index (χ0v) is 10.3. The molecule has 1 atom stereocenters. The summed E-state index contributed by atoms with van der Waals surface area (Å²) in [7, 11) is 0. The van der Waals surface area contributed by atoms with E-state index in [1.54, 1.807) is 6.08 Å². The lowest BCUT2D eigenvalue weighted by atomic mass is 9.68. The van der Waals surface area contributed by atoms with E-state index in [2.05, 4.69) is 32.9 Å². The largest absolute Gasteiger partial charge is 0.295 e. The molecule has 0 heterocycles. The van der Waals surface area contributed by atoms with Crippen LogP contribution >= 0.6 is 0 Å². The van der Waals surface area contributed by atoms with Crippen LogP contribution in [0.15, 0.2) is 23.8 Å². The van der Waals surface area contributed by atoms with Gasteiger partial charge in [0, 0.05) is 12.3 Å². The van der Waals surface area contributed by atoms with E-state index in [0.717, 1.165) is 0 Å². The molecule has 0 aliphatic heterocycles. The van der Waals surface area contributed by atoms with E-state index in [4.69, 9.17) is 0 Å². The number of carbonyl (C=O) groups excluding carboxylic acids is 1. The fourth-order valence-electron chi connectivity index (χ4n) is 2.30. The molecule has 0 saturated carbocycles. The minimum Gasteiger partial charge on any atom is -0.295 e.